The Morgan fingerprint density at radius 3 is 2.55 bits per heavy atom. The molecular weight excluding hydrogens is 225 g/mol. The lowest BCUT2D eigenvalue weighted by Gasteiger charge is -2.07. The molecule has 0 aliphatic heterocycles. The van der Waals surface area contributed by atoms with E-state index in [9.17, 15) is 0 Å². The molecule has 0 spiro atoms. The zero-order valence-electron chi connectivity index (χ0n) is 6.44. The van der Waals surface area contributed by atoms with Gasteiger partial charge >= 0.3 is 0 Å². The lowest BCUT2D eigenvalue weighted by atomic mass is 10.1. The molecule has 0 unspecified atom stereocenters. The van der Waals surface area contributed by atoms with Crippen LogP contribution in [0.15, 0.2) is 16.9 Å². The molecule has 11 heavy (non-hydrogen) atoms. The fourth-order valence-electron chi connectivity index (χ4n) is 0.837. The molecule has 0 aliphatic rings. The minimum absolute atomic E-state index is 0.454. The molecule has 0 aromatic carbocycles. The van der Waals surface area contributed by atoms with Crippen molar-refractivity contribution in [2.75, 3.05) is 0 Å². The van der Waals surface area contributed by atoms with Gasteiger partial charge < -0.3 is 0 Å². The van der Waals surface area contributed by atoms with Crippen LogP contribution in [0, 0.1) is 0 Å². The monoisotopic (exact) mass is 233 g/mol. The van der Waals surface area contributed by atoms with Crippen molar-refractivity contribution in [2.45, 2.75) is 19.8 Å². The molecule has 0 radical (unpaired) electrons. The molecule has 0 saturated carbocycles. The molecule has 1 aromatic rings. The molecule has 0 amide bonds. The Morgan fingerprint density at radius 2 is 2.09 bits per heavy atom. The summed E-state index contributed by atoms with van der Waals surface area (Å²) >= 11 is 9.26. The number of halogens is 2. The third-order valence-corrected chi connectivity index (χ3v) is 2.89. The molecular formula is C8H9BrClN. The molecule has 1 rings (SSSR count). The number of nitrogens with zero attached hydrogens (tertiary/aromatic N) is 1. The van der Waals surface area contributed by atoms with Crippen LogP contribution in [0.4, 0.5) is 0 Å². The summed E-state index contributed by atoms with van der Waals surface area (Å²) in [5, 5.41) is 0.677. The number of aromatic nitrogens is 1. The van der Waals surface area contributed by atoms with Crippen LogP contribution in [0.5, 0.6) is 0 Å². The summed E-state index contributed by atoms with van der Waals surface area (Å²) in [6.45, 7) is 4.22. The zero-order chi connectivity index (χ0) is 8.43. The smallest absolute Gasteiger partial charge is 0.0734 e. The van der Waals surface area contributed by atoms with E-state index in [4.69, 9.17) is 11.6 Å². The number of hydrogen-bond acceptors (Lipinski definition) is 1. The van der Waals surface area contributed by atoms with Crippen molar-refractivity contribution in [3.05, 3.63) is 27.5 Å². The maximum atomic E-state index is 5.85. The summed E-state index contributed by atoms with van der Waals surface area (Å²) in [6.07, 6.45) is 3.47. The van der Waals surface area contributed by atoms with Crippen molar-refractivity contribution < 1.29 is 0 Å². The van der Waals surface area contributed by atoms with Gasteiger partial charge in [0.25, 0.3) is 0 Å². The van der Waals surface area contributed by atoms with E-state index >= 15 is 0 Å². The molecule has 0 atom stereocenters. The van der Waals surface area contributed by atoms with E-state index in [0.29, 0.717) is 10.9 Å². The SMILES string of the molecule is CC(C)c1cncc(Cl)c1Br. The van der Waals surface area contributed by atoms with Gasteiger partial charge in [0, 0.05) is 16.9 Å². The van der Waals surface area contributed by atoms with E-state index in [-0.39, 0.29) is 0 Å². The third-order valence-electron chi connectivity index (χ3n) is 1.49. The minimum atomic E-state index is 0.454. The summed E-state index contributed by atoms with van der Waals surface area (Å²) in [4.78, 5) is 4.00. The summed E-state index contributed by atoms with van der Waals surface area (Å²) < 4.78 is 0.962. The molecule has 60 valence electrons. The maximum absolute atomic E-state index is 5.85. The highest BCUT2D eigenvalue weighted by atomic mass is 79.9. The first-order valence-corrected chi connectivity index (χ1v) is 4.59. The van der Waals surface area contributed by atoms with E-state index in [0.717, 1.165) is 10.0 Å². The zero-order valence-corrected chi connectivity index (χ0v) is 8.78. The second-order valence-electron chi connectivity index (χ2n) is 2.68. The fraction of sp³-hybridized carbons (Fsp3) is 0.375. The molecule has 0 bridgehead atoms. The van der Waals surface area contributed by atoms with Gasteiger partial charge in [-0.15, -0.1) is 0 Å². The summed E-state index contributed by atoms with van der Waals surface area (Å²) in [7, 11) is 0. The molecule has 1 aromatic heterocycles. The van der Waals surface area contributed by atoms with Crippen LogP contribution in [-0.2, 0) is 0 Å². The van der Waals surface area contributed by atoms with E-state index in [1.165, 1.54) is 0 Å². The Kier molecular flexibility index (Phi) is 2.90. The van der Waals surface area contributed by atoms with Gasteiger partial charge in [0.15, 0.2) is 0 Å². The van der Waals surface area contributed by atoms with Gasteiger partial charge in [-0.05, 0) is 27.4 Å². The predicted molar refractivity (Wildman–Crippen MR) is 51.0 cm³/mol. The van der Waals surface area contributed by atoms with Gasteiger partial charge in [-0.1, -0.05) is 25.4 Å². The summed E-state index contributed by atoms with van der Waals surface area (Å²) in [6, 6.07) is 0. The maximum Gasteiger partial charge on any atom is 0.0734 e. The van der Waals surface area contributed by atoms with Gasteiger partial charge in [0.05, 0.1) is 5.02 Å². The Morgan fingerprint density at radius 1 is 1.45 bits per heavy atom. The first kappa shape index (κ1) is 9.01. The van der Waals surface area contributed by atoms with Gasteiger partial charge in [0.1, 0.15) is 0 Å². The van der Waals surface area contributed by atoms with Gasteiger partial charge in [0.2, 0.25) is 0 Å². The van der Waals surface area contributed by atoms with Crippen LogP contribution < -0.4 is 0 Å². The van der Waals surface area contributed by atoms with Crippen molar-refractivity contribution in [1.82, 2.24) is 4.98 Å². The Bertz CT molecular complexity index is 260. The highest BCUT2D eigenvalue weighted by Crippen LogP contribution is 2.29. The lowest BCUT2D eigenvalue weighted by molar-refractivity contribution is 0.852. The predicted octanol–water partition coefficient (Wildman–Crippen LogP) is 3.62. The second kappa shape index (κ2) is 3.55. The fourth-order valence-corrected chi connectivity index (χ4v) is 1.66. The van der Waals surface area contributed by atoms with Crippen LogP contribution in [-0.4, -0.2) is 4.98 Å². The van der Waals surface area contributed by atoms with Crippen LogP contribution in [0.25, 0.3) is 0 Å². The Labute approximate surface area is 79.9 Å². The average molecular weight is 235 g/mol. The molecule has 0 aliphatic carbocycles. The normalized spacial score (nSPS) is 10.6. The van der Waals surface area contributed by atoms with Crippen molar-refractivity contribution in [2.24, 2.45) is 0 Å². The van der Waals surface area contributed by atoms with Crippen molar-refractivity contribution in [3.8, 4) is 0 Å². The van der Waals surface area contributed by atoms with Crippen LogP contribution in [0.2, 0.25) is 5.02 Å². The summed E-state index contributed by atoms with van der Waals surface area (Å²) in [5.41, 5.74) is 1.15. The van der Waals surface area contributed by atoms with E-state index < -0.39 is 0 Å². The highest BCUT2D eigenvalue weighted by Gasteiger charge is 2.06. The van der Waals surface area contributed by atoms with Crippen LogP contribution in [0.1, 0.15) is 25.3 Å². The number of pyridine rings is 1. The summed E-state index contributed by atoms with van der Waals surface area (Å²) in [5.74, 6) is 0.454. The van der Waals surface area contributed by atoms with Crippen molar-refractivity contribution in [3.63, 3.8) is 0 Å². The average Bonchev–Trinajstić information content (AvgIpc) is 1.94. The quantitative estimate of drug-likeness (QED) is 0.723. The van der Waals surface area contributed by atoms with Crippen LogP contribution in [0.3, 0.4) is 0 Å². The highest BCUT2D eigenvalue weighted by molar-refractivity contribution is 9.10. The lowest BCUT2D eigenvalue weighted by Crippen LogP contribution is -1.90. The standard InChI is InChI=1S/C8H9BrClN/c1-5(2)6-3-11-4-7(10)8(6)9/h3-5H,1-2H3. The van der Waals surface area contributed by atoms with Gasteiger partial charge in [-0.3, -0.25) is 4.98 Å². The van der Waals surface area contributed by atoms with Crippen LogP contribution >= 0.6 is 27.5 Å². The Hall–Kier alpha value is -0.0800. The minimum Gasteiger partial charge on any atom is -0.263 e. The molecule has 1 heterocycles. The van der Waals surface area contributed by atoms with Crippen molar-refractivity contribution in [1.29, 1.82) is 0 Å². The second-order valence-corrected chi connectivity index (χ2v) is 3.88. The number of hydrogen-bond donors (Lipinski definition) is 0. The molecule has 0 N–H and O–H groups in total. The molecule has 3 heteroatoms. The first-order valence-electron chi connectivity index (χ1n) is 3.42. The van der Waals surface area contributed by atoms with E-state index in [1.54, 1.807) is 6.20 Å². The Balaban J connectivity index is 3.17. The largest absolute Gasteiger partial charge is 0.263 e. The third kappa shape index (κ3) is 1.94. The molecule has 1 nitrogen and oxygen atoms in total. The molecule has 0 saturated heterocycles. The van der Waals surface area contributed by atoms with Gasteiger partial charge in [-0.25, -0.2) is 0 Å². The topological polar surface area (TPSA) is 12.9 Å². The van der Waals surface area contributed by atoms with Crippen molar-refractivity contribution >= 4 is 27.5 Å². The van der Waals surface area contributed by atoms with E-state index in [2.05, 4.69) is 34.8 Å². The number of rotatable bonds is 1. The molecule has 0 fully saturated rings. The first-order chi connectivity index (χ1) is 5.13. The van der Waals surface area contributed by atoms with Gasteiger partial charge in [-0.2, -0.15) is 0 Å². The van der Waals surface area contributed by atoms with E-state index in [1.807, 2.05) is 6.20 Å².